The summed E-state index contributed by atoms with van der Waals surface area (Å²) in [6.45, 7) is 0.948. The number of halogens is 3. The average Bonchev–Trinajstić information content (AvgIpc) is 2.79. The van der Waals surface area contributed by atoms with Gasteiger partial charge in [0.2, 0.25) is 0 Å². The Morgan fingerprint density at radius 3 is 2.68 bits per heavy atom. The van der Waals surface area contributed by atoms with Gasteiger partial charge < -0.3 is 5.32 Å². The molecule has 3 nitrogen and oxygen atoms in total. The standard InChI is InChI=1S/C19H16BrCl2N3/c20-14-6-1-2-7-17(14)25-19-13(5-3-4-10-23-19)18(24-25)12-8-9-15(21)16(22)11-12/h1-2,6-9,11,23H,3-5,10H2. The van der Waals surface area contributed by atoms with Crippen molar-refractivity contribution in [1.29, 1.82) is 0 Å². The fourth-order valence-corrected chi connectivity index (χ4v) is 3.93. The molecule has 3 aromatic rings. The van der Waals surface area contributed by atoms with Gasteiger partial charge in [-0.05, 0) is 59.5 Å². The van der Waals surface area contributed by atoms with Gasteiger partial charge in [0.1, 0.15) is 5.82 Å². The Bertz CT molecular complexity index is 936. The molecular weight excluding hydrogens is 421 g/mol. The normalized spacial score (nSPS) is 13.9. The summed E-state index contributed by atoms with van der Waals surface area (Å²) in [7, 11) is 0. The minimum Gasteiger partial charge on any atom is -0.370 e. The van der Waals surface area contributed by atoms with Crippen LogP contribution in [-0.2, 0) is 6.42 Å². The number of nitrogens with zero attached hydrogens (tertiary/aromatic N) is 2. The molecule has 0 amide bonds. The molecule has 2 heterocycles. The van der Waals surface area contributed by atoms with Crippen molar-refractivity contribution in [3.05, 3.63) is 62.5 Å². The van der Waals surface area contributed by atoms with Crippen LogP contribution in [0.4, 0.5) is 5.82 Å². The molecule has 0 fully saturated rings. The van der Waals surface area contributed by atoms with Crippen molar-refractivity contribution in [1.82, 2.24) is 9.78 Å². The fourth-order valence-electron chi connectivity index (χ4n) is 3.18. The van der Waals surface area contributed by atoms with Crippen molar-refractivity contribution in [2.45, 2.75) is 19.3 Å². The lowest BCUT2D eigenvalue weighted by Gasteiger charge is -2.10. The Balaban J connectivity index is 1.93. The molecule has 1 aromatic heterocycles. The monoisotopic (exact) mass is 435 g/mol. The molecule has 0 aliphatic carbocycles. The second kappa shape index (κ2) is 7.02. The average molecular weight is 437 g/mol. The number of benzene rings is 2. The molecule has 1 aliphatic rings. The van der Waals surface area contributed by atoms with Crippen molar-refractivity contribution in [2.24, 2.45) is 0 Å². The van der Waals surface area contributed by atoms with Crippen molar-refractivity contribution >= 4 is 44.9 Å². The topological polar surface area (TPSA) is 29.9 Å². The van der Waals surface area contributed by atoms with Crippen molar-refractivity contribution in [3.8, 4) is 16.9 Å². The molecule has 4 rings (SSSR count). The van der Waals surface area contributed by atoms with E-state index in [1.807, 2.05) is 41.1 Å². The Morgan fingerprint density at radius 1 is 1.04 bits per heavy atom. The highest BCUT2D eigenvalue weighted by molar-refractivity contribution is 9.10. The summed E-state index contributed by atoms with van der Waals surface area (Å²) in [5.41, 5.74) is 4.19. The quantitative estimate of drug-likeness (QED) is 0.506. The maximum Gasteiger partial charge on any atom is 0.133 e. The number of aromatic nitrogens is 2. The summed E-state index contributed by atoms with van der Waals surface area (Å²) >= 11 is 16.0. The van der Waals surface area contributed by atoms with Crippen LogP contribution in [0.25, 0.3) is 16.9 Å². The molecule has 6 heteroatoms. The second-order valence-corrected chi connectivity index (χ2v) is 7.72. The van der Waals surface area contributed by atoms with Gasteiger partial charge in [-0.3, -0.25) is 0 Å². The second-order valence-electron chi connectivity index (χ2n) is 6.05. The minimum atomic E-state index is 0.546. The number of fused-ring (bicyclic) bond motifs is 1. The van der Waals surface area contributed by atoms with E-state index in [1.165, 1.54) is 5.56 Å². The van der Waals surface area contributed by atoms with Gasteiger partial charge >= 0.3 is 0 Å². The first-order valence-electron chi connectivity index (χ1n) is 8.21. The fraction of sp³-hybridized carbons (Fsp3) is 0.211. The number of anilines is 1. The number of rotatable bonds is 2. The van der Waals surface area contributed by atoms with E-state index in [4.69, 9.17) is 28.3 Å². The summed E-state index contributed by atoms with van der Waals surface area (Å²) in [6.07, 6.45) is 3.27. The summed E-state index contributed by atoms with van der Waals surface area (Å²) < 4.78 is 3.00. The van der Waals surface area contributed by atoms with Gasteiger partial charge in [-0.25, -0.2) is 4.68 Å². The van der Waals surface area contributed by atoms with E-state index in [0.29, 0.717) is 10.0 Å². The molecule has 1 aliphatic heterocycles. The molecule has 0 spiro atoms. The SMILES string of the molecule is Clc1ccc(-c2nn(-c3ccccc3Br)c3c2CCCCN3)cc1Cl. The molecule has 0 radical (unpaired) electrons. The Kier molecular flexibility index (Phi) is 4.76. The van der Waals surface area contributed by atoms with E-state index >= 15 is 0 Å². The zero-order valence-corrected chi connectivity index (χ0v) is 16.5. The van der Waals surface area contributed by atoms with Crippen molar-refractivity contribution in [3.63, 3.8) is 0 Å². The van der Waals surface area contributed by atoms with Crippen molar-refractivity contribution < 1.29 is 0 Å². The van der Waals surface area contributed by atoms with E-state index in [2.05, 4.69) is 27.3 Å². The lowest BCUT2D eigenvalue weighted by Crippen LogP contribution is -2.07. The maximum absolute atomic E-state index is 6.24. The lowest BCUT2D eigenvalue weighted by atomic mass is 10.0. The highest BCUT2D eigenvalue weighted by Crippen LogP contribution is 2.37. The van der Waals surface area contributed by atoms with Crippen LogP contribution in [0.15, 0.2) is 46.9 Å². The molecule has 0 atom stereocenters. The van der Waals surface area contributed by atoms with E-state index in [0.717, 1.165) is 53.0 Å². The van der Waals surface area contributed by atoms with Crippen LogP contribution in [0.2, 0.25) is 10.0 Å². The Morgan fingerprint density at radius 2 is 1.88 bits per heavy atom. The molecule has 2 aromatic carbocycles. The maximum atomic E-state index is 6.24. The predicted molar refractivity (Wildman–Crippen MR) is 108 cm³/mol. The van der Waals surface area contributed by atoms with Crippen LogP contribution in [0, 0.1) is 0 Å². The van der Waals surface area contributed by atoms with Gasteiger partial charge in [-0.15, -0.1) is 0 Å². The number of hydrogen-bond acceptors (Lipinski definition) is 2. The third-order valence-corrected chi connectivity index (χ3v) is 5.81. The van der Waals surface area contributed by atoms with Crippen molar-refractivity contribution in [2.75, 3.05) is 11.9 Å². The number of para-hydroxylation sites is 1. The summed E-state index contributed by atoms with van der Waals surface area (Å²) in [4.78, 5) is 0. The first-order valence-corrected chi connectivity index (χ1v) is 9.76. The molecule has 1 N–H and O–H groups in total. The smallest absolute Gasteiger partial charge is 0.133 e. The molecular formula is C19H16BrCl2N3. The van der Waals surface area contributed by atoms with Crippen LogP contribution in [0.5, 0.6) is 0 Å². The molecule has 0 saturated heterocycles. The number of hydrogen-bond donors (Lipinski definition) is 1. The van der Waals surface area contributed by atoms with Gasteiger partial charge in [-0.2, -0.15) is 5.10 Å². The van der Waals surface area contributed by atoms with Gasteiger partial charge in [-0.1, -0.05) is 41.4 Å². The lowest BCUT2D eigenvalue weighted by molar-refractivity contribution is 0.780. The third kappa shape index (κ3) is 3.19. The molecule has 25 heavy (non-hydrogen) atoms. The van der Waals surface area contributed by atoms with Crippen LogP contribution < -0.4 is 5.32 Å². The van der Waals surface area contributed by atoms with Crippen LogP contribution >= 0.6 is 39.1 Å². The summed E-state index contributed by atoms with van der Waals surface area (Å²) in [6, 6.07) is 13.8. The zero-order valence-electron chi connectivity index (χ0n) is 13.4. The van der Waals surface area contributed by atoms with Gasteiger partial charge in [0.05, 0.1) is 21.4 Å². The first kappa shape index (κ1) is 17.0. The Labute approximate surface area is 165 Å². The van der Waals surface area contributed by atoms with Crippen LogP contribution in [0.3, 0.4) is 0 Å². The zero-order chi connectivity index (χ0) is 17.4. The number of nitrogens with one attached hydrogen (secondary N) is 1. The molecule has 0 saturated carbocycles. The Hall–Kier alpha value is -1.49. The predicted octanol–water partition coefficient (Wildman–Crippen LogP) is 6.36. The molecule has 0 bridgehead atoms. The van der Waals surface area contributed by atoms with Crippen LogP contribution in [0.1, 0.15) is 18.4 Å². The van der Waals surface area contributed by atoms with Gasteiger partial charge in [0.25, 0.3) is 0 Å². The van der Waals surface area contributed by atoms with Gasteiger partial charge in [0, 0.05) is 22.1 Å². The van der Waals surface area contributed by atoms with Crippen LogP contribution in [-0.4, -0.2) is 16.3 Å². The minimum absolute atomic E-state index is 0.546. The van der Waals surface area contributed by atoms with E-state index in [9.17, 15) is 0 Å². The van der Waals surface area contributed by atoms with Gasteiger partial charge in [0.15, 0.2) is 0 Å². The summed E-state index contributed by atoms with van der Waals surface area (Å²) in [5.74, 6) is 1.06. The molecule has 128 valence electrons. The highest BCUT2D eigenvalue weighted by atomic mass is 79.9. The molecule has 0 unspecified atom stereocenters. The van der Waals surface area contributed by atoms with E-state index in [-0.39, 0.29) is 0 Å². The largest absolute Gasteiger partial charge is 0.370 e. The van der Waals surface area contributed by atoms with E-state index < -0.39 is 0 Å². The summed E-state index contributed by atoms with van der Waals surface area (Å²) in [5, 5.41) is 9.59. The highest BCUT2D eigenvalue weighted by Gasteiger charge is 2.22. The third-order valence-electron chi connectivity index (χ3n) is 4.40. The van der Waals surface area contributed by atoms with E-state index in [1.54, 1.807) is 0 Å². The first-order chi connectivity index (χ1) is 12.1.